The van der Waals surface area contributed by atoms with E-state index in [4.69, 9.17) is 16.3 Å². The first-order chi connectivity index (χ1) is 31.4. The average Bonchev–Trinajstić information content (AvgIpc) is 3.56. The summed E-state index contributed by atoms with van der Waals surface area (Å²) >= 11 is 6.49. The Morgan fingerprint density at radius 1 is 0.877 bits per heavy atom. The lowest BCUT2D eigenvalue weighted by Gasteiger charge is -2.43. The lowest BCUT2D eigenvalue weighted by atomic mass is 10.0. The normalized spacial score (nSPS) is 18.6. The molecular weight excluding hydrogens is 865 g/mol. The summed E-state index contributed by atoms with van der Waals surface area (Å²) in [6, 6.07) is 18.2. The van der Waals surface area contributed by atoms with Crippen molar-refractivity contribution in [2.24, 2.45) is 0 Å². The number of rotatable bonds is 14. The zero-order valence-electron chi connectivity index (χ0n) is 37.1. The third-order valence-corrected chi connectivity index (χ3v) is 14.5. The molecule has 0 aliphatic carbocycles. The van der Waals surface area contributed by atoms with Gasteiger partial charge in [-0.15, -0.1) is 0 Å². The summed E-state index contributed by atoms with van der Waals surface area (Å²) in [6.45, 7) is 10.7. The number of carbonyl (C=O) groups excluding carboxylic acids is 4. The number of imide groups is 2. The zero-order valence-corrected chi connectivity index (χ0v) is 38.7. The minimum Gasteiger partial charge on any atom is -0.494 e. The molecule has 0 radical (unpaired) electrons. The Balaban J connectivity index is 0.754. The Hall–Kier alpha value is -5.78. The molecule has 15 nitrogen and oxygen atoms in total. The molecule has 17 heteroatoms. The molecule has 1 atom stereocenters. The largest absolute Gasteiger partial charge is 0.494 e. The number of amides is 4. The number of piperazine rings is 1. The molecule has 1 unspecified atom stereocenters. The second kappa shape index (κ2) is 20.2. The Morgan fingerprint density at radius 2 is 1.66 bits per heavy atom. The minimum absolute atomic E-state index is 0.0799. The topological polar surface area (TPSA) is 169 Å². The van der Waals surface area contributed by atoms with E-state index in [1.165, 1.54) is 6.20 Å². The molecule has 8 rings (SSSR count). The number of unbranched alkanes of at least 4 members (excludes halogenated alkanes) is 3. The Labute approximate surface area is 385 Å². The van der Waals surface area contributed by atoms with Gasteiger partial charge in [0.05, 0.1) is 35.8 Å². The van der Waals surface area contributed by atoms with Crippen LogP contribution in [0.25, 0.3) is 0 Å². The quantitative estimate of drug-likeness (QED) is 0.0545. The van der Waals surface area contributed by atoms with E-state index in [1.54, 1.807) is 38.6 Å². The van der Waals surface area contributed by atoms with Gasteiger partial charge in [-0.25, -0.2) is 4.98 Å². The van der Waals surface area contributed by atoms with E-state index in [2.05, 4.69) is 64.6 Å². The molecule has 0 spiro atoms. The van der Waals surface area contributed by atoms with Gasteiger partial charge in [0.25, 0.3) is 11.8 Å². The summed E-state index contributed by atoms with van der Waals surface area (Å²) in [4.78, 5) is 68.2. The molecule has 1 aromatic heterocycles. The molecule has 340 valence electrons. The van der Waals surface area contributed by atoms with Crippen LogP contribution in [0.3, 0.4) is 0 Å². The van der Waals surface area contributed by atoms with Gasteiger partial charge in [-0.2, -0.15) is 4.98 Å². The predicted octanol–water partition coefficient (Wildman–Crippen LogP) is 6.47. The molecule has 0 saturated carbocycles. The molecule has 4 aliphatic rings. The van der Waals surface area contributed by atoms with Gasteiger partial charge >= 0.3 is 0 Å². The van der Waals surface area contributed by atoms with Gasteiger partial charge in [-0.05, 0) is 88.4 Å². The fourth-order valence-electron chi connectivity index (χ4n) is 9.14. The maximum absolute atomic E-state index is 13.3. The molecule has 0 bridgehead atoms. The fraction of sp³-hybridized carbons (Fsp3) is 0.417. The Kier molecular flexibility index (Phi) is 14.2. The summed E-state index contributed by atoms with van der Waals surface area (Å²) in [7, 11) is -0.896. The van der Waals surface area contributed by atoms with E-state index < -0.39 is 36.8 Å². The van der Waals surface area contributed by atoms with E-state index in [0.29, 0.717) is 46.3 Å². The maximum atomic E-state index is 13.3. The van der Waals surface area contributed by atoms with E-state index in [9.17, 15) is 23.7 Å². The second-order valence-electron chi connectivity index (χ2n) is 17.3. The van der Waals surface area contributed by atoms with Crippen molar-refractivity contribution >= 4 is 76.5 Å². The molecule has 3 saturated heterocycles. The summed E-state index contributed by atoms with van der Waals surface area (Å²) < 4.78 is 18.7. The number of benzene rings is 3. The molecule has 4 aliphatic heterocycles. The van der Waals surface area contributed by atoms with Crippen LogP contribution in [0.4, 0.5) is 28.8 Å². The smallest absolute Gasteiger partial charge is 0.263 e. The van der Waals surface area contributed by atoms with Crippen molar-refractivity contribution in [3.8, 4) is 17.6 Å². The van der Waals surface area contributed by atoms with Crippen LogP contribution in [0, 0.1) is 11.8 Å². The highest BCUT2D eigenvalue weighted by Gasteiger charge is 2.45. The van der Waals surface area contributed by atoms with Crippen molar-refractivity contribution in [2.45, 2.75) is 63.5 Å². The van der Waals surface area contributed by atoms with Gasteiger partial charge in [-0.3, -0.25) is 34.3 Å². The molecule has 65 heavy (non-hydrogen) atoms. The van der Waals surface area contributed by atoms with Gasteiger partial charge in [0, 0.05) is 80.8 Å². The number of piperidine rings is 2. The molecule has 3 aromatic carbocycles. The van der Waals surface area contributed by atoms with E-state index in [0.717, 1.165) is 99.5 Å². The van der Waals surface area contributed by atoms with Crippen molar-refractivity contribution in [1.29, 1.82) is 0 Å². The number of hydrogen-bond donors (Lipinski definition) is 3. The molecule has 3 N–H and O–H groups in total. The molecule has 5 heterocycles. The highest BCUT2D eigenvalue weighted by Crippen LogP contribution is 2.39. The third-order valence-electron chi connectivity index (χ3n) is 12.6. The minimum atomic E-state index is -2.55. The third kappa shape index (κ3) is 10.5. The van der Waals surface area contributed by atoms with Gasteiger partial charge in [0.1, 0.15) is 24.0 Å². The maximum Gasteiger partial charge on any atom is 0.263 e. The number of methoxy groups -OCH3 is 1. The summed E-state index contributed by atoms with van der Waals surface area (Å²) in [6.07, 6.45) is 7.70. The monoisotopic (exact) mass is 919 g/mol. The van der Waals surface area contributed by atoms with Crippen molar-refractivity contribution in [2.75, 3.05) is 81.8 Å². The van der Waals surface area contributed by atoms with Gasteiger partial charge in [0.15, 0.2) is 5.82 Å². The average molecular weight is 920 g/mol. The van der Waals surface area contributed by atoms with Crippen LogP contribution in [0.15, 0.2) is 66.9 Å². The van der Waals surface area contributed by atoms with Gasteiger partial charge < -0.3 is 29.7 Å². The first-order valence-corrected chi connectivity index (χ1v) is 25.3. The number of ether oxygens (including phenoxy) is 1. The standard InChI is InChI=1S/C48H55ClN9O6P/c1-64-40-30-34(17-18-37(40)52-48-50-31-36(49)44(54-48)51-38-15-8-9-16-41(38)65(2,3)63)56-24-21-33(22-25-56)57-28-26-55(27-29-57)23-10-6-4-5-7-12-32-13-11-14-35-43(32)47(62)58(46(35)61)39-19-20-42(59)53-45(39)60/h8-9,11,13-18,30-31,33,39H,4-6,10,19-29H2,1-3H3,(H,53,59,60)(H2,50,51,52,54). The van der Waals surface area contributed by atoms with Crippen LogP contribution in [0.1, 0.15) is 77.6 Å². The Bertz CT molecular complexity index is 2580. The number of nitrogens with one attached hydrogen (secondary N) is 3. The number of nitrogens with zero attached hydrogens (tertiary/aromatic N) is 6. The Morgan fingerprint density at radius 3 is 2.42 bits per heavy atom. The van der Waals surface area contributed by atoms with E-state index in [1.807, 2.05) is 30.3 Å². The number of para-hydroxylation sites is 1. The van der Waals surface area contributed by atoms with Crippen molar-refractivity contribution in [3.05, 3.63) is 88.6 Å². The van der Waals surface area contributed by atoms with Gasteiger partial charge in [-0.1, -0.05) is 48.1 Å². The van der Waals surface area contributed by atoms with Crippen LogP contribution in [0.5, 0.6) is 5.75 Å². The number of hydrogen-bond acceptors (Lipinski definition) is 13. The van der Waals surface area contributed by atoms with Crippen molar-refractivity contribution < 1.29 is 28.5 Å². The number of halogens is 1. The van der Waals surface area contributed by atoms with Crippen LogP contribution < -0.4 is 30.9 Å². The summed E-state index contributed by atoms with van der Waals surface area (Å²) in [5, 5.41) is 9.83. The second-order valence-corrected chi connectivity index (χ2v) is 20.9. The number of anilines is 5. The zero-order chi connectivity index (χ0) is 45.7. The number of aromatic nitrogens is 2. The van der Waals surface area contributed by atoms with Crippen LogP contribution in [-0.4, -0.2) is 127 Å². The van der Waals surface area contributed by atoms with Crippen LogP contribution in [0.2, 0.25) is 5.02 Å². The first kappa shape index (κ1) is 45.8. The van der Waals surface area contributed by atoms with E-state index >= 15 is 0 Å². The lowest BCUT2D eigenvalue weighted by Crippen LogP contribution is -2.54. The summed E-state index contributed by atoms with van der Waals surface area (Å²) in [5.41, 5.74) is 3.49. The summed E-state index contributed by atoms with van der Waals surface area (Å²) in [5.74, 6) is 5.65. The molecule has 3 fully saturated rings. The SMILES string of the molecule is COc1cc(N2CCC(N3CCN(CCCCCC#Cc4cccc5c4C(=O)N(C4CCC(=O)NC4=O)C5=O)CC3)CC2)ccc1Nc1ncc(Cl)c(Nc2ccccc2P(C)(C)=O)n1. The first-order valence-electron chi connectivity index (χ1n) is 22.3. The van der Waals surface area contributed by atoms with E-state index in [-0.39, 0.29) is 24.0 Å². The molecule has 4 aromatic rings. The highest BCUT2D eigenvalue weighted by atomic mass is 35.5. The molecular formula is C48H55ClN9O6P. The molecule has 4 amide bonds. The predicted molar refractivity (Wildman–Crippen MR) is 254 cm³/mol. The van der Waals surface area contributed by atoms with Crippen LogP contribution in [-0.2, 0) is 14.2 Å². The number of fused-ring (bicyclic) bond motifs is 1. The fourth-order valence-corrected chi connectivity index (χ4v) is 10.4. The van der Waals surface area contributed by atoms with Crippen LogP contribution >= 0.6 is 18.7 Å². The van der Waals surface area contributed by atoms with Gasteiger partial charge in [0.2, 0.25) is 17.8 Å². The van der Waals surface area contributed by atoms with Crippen molar-refractivity contribution in [3.63, 3.8) is 0 Å². The lowest BCUT2D eigenvalue weighted by molar-refractivity contribution is -0.136. The highest BCUT2D eigenvalue weighted by molar-refractivity contribution is 7.70. The van der Waals surface area contributed by atoms with Crippen molar-refractivity contribution in [1.82, 2.24) is 30.0 Å². The number of carbonyl (C=O) groups is 4.